The average molecular weight is 334 g/mol. The second-order valence-electron chi connectivity index (χ2n) is 7.21. The zero-order chi connectivity index (χ0) is 17.1. The van der Waals surface area contributed by atoms with E-state index in [0.717, 1.165) is 25.9 Å². The van der Waals surface area contributed by atoms with Gasteiger partial charge < -0.3 is 15.0 Å². The molecule has 6 nitrogen and oxygen atoms in total. The molecule has 2 N–H and O–H groups in total. The smallest absolute Gasteiger partial charge is 0.407 e. The predicted molar refractivity (Wildman–Crippen MR) is 93.5 cm³/mol. The van der Waals surface area contributed by atoms with Crippen LogP contribution in [-0.4, -0.2) is 63.2 Å². The van der Waals surface area contributed by atoms with Crippen molar-refractivity contribution in [2.75, 3.05) is 26.2 Å². The lowest BCUT2D eigenvalue weighted by molar-refractivity contribution is 0.136. The molecule has 1 aliphatic carbocycles. The van der Waals surface area contributed by atoms with Crippen LogP contribution in [0.4, 0.5) is 4.79 Å². The highest BCUT2D eigenvalue weighted by Gasteiger charge is 2.29. The quantitative estimate of drug-likeness (QED) is 0.891. The van der Waals surface area contributed by atoms with E-state index in [9.17, 15) is 4.79 Å². The second-order valence-corrected chi connectivity index (χ2v) is 7.21. The first-order chi connectivity index (χ1) is 11.6. The molecule has 2 heterocycles. The fraction of sp³-hybridized carbons (Fsp3) is 0.778. The van der Waals surface area contributed by atoms with E-state index in [0.29, 0.717) is 25.0 Å². The van der Waals surface area contributed by atoms with E-state index in [2.05, 4.69) is 23.7 Å². The molecule has 1 amide bonds. The molecule has 2 aliphatic rings. The van der Waals surface area contributed by atoms with Crippen molar-refractivity contribution in [3.63, 3.8) is 0 Å². The lowest BCUT2D eigenvalue weighted by Crippen LogP contribution is -2.41. The molecule has 0 aromatic carbocycles. The Kier molecular flexibility index (Phi) is 5.43. The summed E-state index contributed by atoms with van der Waals surface area (Å²) in [5.74, 6) is 1.73. The number of hydrogen-bond acceptors (Lipinski definition) is 3. The van der Waals surface area contributed by atoms with Crippen LogP contribution in [0.1, 0.15) is 62.2 Å². The lowest BCUT2D eigenvalue weighted by Gasteiger charge is -2.35. The summed E-state index contributed by atoms with van der Waals surface area (Å²) in [4.78, 5) is 23.5. The number of nitrogens with one attached hydrogen (secondary N) is 1. The zero-order valence-electron chi connectivity index (χ0n) is 14.9. The number of H-pyrrole nitrogens is 1. The lowest BCUT2D eigenvalue weighted by atomic mass is 9.84. The molecule has 6 heteroatoms. The zero-order valence-corrected chi connectivity index (χ0v) is 14.9. The molecule has 1 aromatic rings. The van der Waals surface area contributed by atoms with Crippen molar-refractivity contribution in [3.8, 4) is 0 Å². The van der Waals surface area contributed by atoms with Gasteiger partial charge in [-0.3, -0.25) is 4.90 Å². The van der Waals surface area contributed by atoms with Gasteiger partial charge in [-0.2, -0.15) is 0 Å². The number of hydrogen-bond donors (Lipinski definition) is 2. The third-order valence-corrected chi connectivity index (χ3v) is 5.74. The van der Waals surface area contributed by atoms with E-state index in [4.69, 9.17) is 10.1 Å². The fourth-order valence-electron chi connectivity index (χ4n) is 4.27. The van der Waals surface area contributed by atoms with Crippen molar-refractivity contribution in [2.45, 2.75) is 64.3 Å². The van der Waals surface area contributed by atoms with Crippen LogP contribution >= 0.6 is 0 Å². The Balaban J connectivity index is 1.54. The minimum atomic E-state index is -0.777. The molecule has 0 unspecified atom stereocenters. The van der Waals surface area contributed by atoms with Gasteiger partial charge in [0.05, 0.1) is 5.69 Å². The first-order valence-corrected chi connectivity index (χ1v) is 9.35. The highest BCUT2D eigenvalue weighted by molar-refractivity contribution is 5.64. The van der Waals surface area contributed by atoms with Crippen LogP contribution in [-0.2, 0) is 6.42 Å². The standard InChI is InChI=1S/C18H30N4O2/c1-3-16-13(2)19-17(20-16)14-5-7-15(8-6-14)21-9-4-10-22(12-11-21)18(23)24/h14-15H,3-12H2,1-2H3,(H,19,20)(H,23,24). The van der Waals surface area contributed by atoms with Crippen molar-refractivity contribution in [1.29, 1.82) is 0 Å². The van der Waals surface area contributed by atoms with E-state index < -0.39 is 6.09 Å². The minimum Gasteiger partial charge on any atom is -0.465 e. The van der Waals surface area contributed by atoms with Gasteiger partial charge in [0.25, 0.3) is 0 Å². The summed E-state index contributed by atoms with van der Waals surface area (Å²) in [5.41, 5.74) is 2.42. The van der Waals surface area contributed by atoms with Gasteiger partial charge in [-0.05, 0) is 45.4 Å². The number of nitrogens with zero attached hydrogens (tertiary/aromatic N) is 3. The summed E-state index contributed by atoms with van der Waals surface area (Å²) in [5, 5.41) is 9.16. The molecule has 0 spiro atoms. The normalized spacial score (nSPS) is 26.3. The highest BCUT2D eigenvalue weighted by Crippen LogP contribution is 2.34. The Morgan fingerprint density at radius 1 is 1.21 bits per heavy atom. The van der Waals surface area contributed by atoms with Crippen molar-refractivity contribution in [2.24, 2.45) is 0 Å². The number of aromatic amines is 1. The Hall–Kier alpha value is -1.56. The Morgan fingerprint density at radius 2 is 1.96 bits per heavy atom. The molecule has 24 heavy (non-hydrogen) atoms. The number of carbonyl (C=O) groups is 1. The van der Waals surface area contributed by atoms with E-state index in [1.54, 1.807) is 4.90 Å². The maximum Gasteiger partial charge on any atom is 0.407 e. The van der Waals surface area contributed by atoms with Crippen LogP contribution in [0.5, 0.6) is 0 Å². The fourth-order valence-corrected chi connectivity index (χ4v) is 4.27. The summed E-state index contributed by atoms with van der Waals surface area (Å²) < 4.78 is 0. The number of rotatable bonds is 3. The summed E-state index contributed by atoms with van der Waals surface area (Å²) in [6, 6.07) is 0.608. The van der Waals surface area contributed by atoms with Crippen LogP contribution in [0, 0.1) is 6.92 Å². The van der Waals surface area contributed by atoms with Crippen LogP contribution in [0.3, 0.4) is 0 Å². The highest BCUT2D eigenvalue weighted by atomic mass is 16.4. The Bertz CT molecular complexity index is 563. The molecule has 3 rings (SSSR count). The molecule has 1 aliphatic heterocycles. The van der Waals surface area contributed by atoms with Gasteiger partial charge in [-0.25, -0.2) is 9.78 Å². The molecule has 1 saturated heterocycles. The van der Waals surface area contributed by atoms with Crippen molar-refractivity contribution < 1.29 is 9.90 Å². The summed E-state index contributed by atoms with van der Waals surface area (Å²) in [7, 11) is 0. The molecule has 1 aromatic heterocycles. The number of aromatic nitrogens is 2. The monoisotopic (exact) mass is 334 g/mol. The van der Waals surface area contributed by atoms with Crippen molar-refractivity contribution in [1.82, 2.24) is 19.8 Å². The van der Waals surface area contributed by atoms with Crippen LogP contribution in [0.15, 0.2) is 0 Å². The molecule has 0 atom stereocenters. The molecular formula is C18H30N4O2. The molecule has 0 bridgehead atoms. The Morgan fingerprint density at radius 3 is 2.58 bits per heavy atom. The van der Waals surface area contributed by atoms with Crippen molar-refractivity contribution >= 4 is 6.09 Å². The topological polar surface area (TPSA) is 72.5 Å². The molecule has 134 valence electrons. The van der Waals surface area contributed by atoms with Crippen LogP contribution in [0.2, 0.25) is 0 Å². The minimum absolute atomic E-state index is 0.558. The number of imidazole rings is 1. The summed E-state index contributed by atoms with van der Waals surface area (Å²) >= 11 is 0. The van der Waals surface area contributed by atoms with Gasteiger partial charge in [-0.15, -0.1) is 0 Å². The third-order valence-electron chi connectivity index (χ3n) is 5.74. The van der Waals surface area contributed by atoms with Crippen molar-refractivity contribution in [3.05, 3.63) is 17.2 Å². The van der Waals surface area contributed by atoms with E-state index in [-0.39, 0.29) is 0 Å². The molecular weight excluding hydrogens is 304 g/mol. The maximum absolute atomic E-state index is 11.1. The number of carboxylic acid groups (broad SMARTS) is 1. The van der Waals surface area contributed by atoms with Gasteiger partial charge in [0.1, 0.15) is 5.82 Å². The summed E-state index contributed by atoms with van der Waals surface area (Å²) in [6.45, 7) is 7.50. The first kappa shape index (κ1) is 17.3. The van der Waals surface area contributed by atoms with Gasteiger partial charge in [-0.1, -0.05) is 6.92 Å². The largest absolute Gasteiger partial charge is 0.465 e. The van der Waals surface area contributed by atoms with Gasteiger partial charge in [0, 0.05) is 43.8 Å². The number of amides is 1. The average Bonchev–Trinajstić information content (AvgIpc) is 2.81. The van der Waals surface area contributed by atoms with Gasteiger partial charge in [0.2, 0.25) is 0 Å². The van der Waals surface area contributed by atoms with Gasteiger partial charge in [0.15, 0.2) is 0 Å². The number of aryl methyl sites for hydroxylation is 2. The van der Waals surface area contributed by atoms with Crippen LogP contribution < -0.4 is 0 Å². The Labute approximate surface area is 144 Å². The predicted octanol–water partition coefficient (Wildman–Crippen LogP) is 2.99. The molecule has 0 radical (unpaired) electrons. The van der Waals surface area contributed by atoms with E-state index >= 15 is 0 Å². The third kappa shape index (κ3) is 3.74. The first-order valence-electron chi connectivity index (χ1n) is 9.35. The maximum atomic E-state index is 11.1. The molecule has 1 saturated carbocycles. The summed E-state index contributed by atoms with van der Waals surface area (Å²) in [6.07, 6.45) is 5.91. The molecule has 2 fully saturated rings. The van der Waals surface area contributed by atoms with Crippen LogP contribution in [0.25, 0.3) is 0 Å². The van der Waals surface area contributed by atoms with E-state index in [1.807, 2.05) is 0 Å². The van der Waals surface area contributed by atoms with Gasteiger partial charge >= 0.3 is 6.09 Å². The SMILES string of the molecule is CCc1nc(C2CCC(N3CCCN(C(=O)O)CC3)CC2)[nH]c1C. The second kappa shape index (κ2) is 7.55. The van der Waals surface area contributed by atoms with E-state index in [1.165, 1.54) is 42.9 Å².